The number of dihydropyridines is 1. The highest BCUT2D eigenvalue weighted by molar-refractivity contribution is 6.31. The molecule has 4 rings (SSSR count). The summed E-state index contributed by atoms with van der Waals surface area (Å²) in [6, 6.07) is 16.3. The minimum absolute atomic E-state index is 0.109. The van der Waals surface area contributed by atoms with Crippen molar-refractivity contribution in [1.82, 2.24) is 10.2 Å². The molecule has 1 fully saturated rings. The smallest absolute Gasteiger partial charge is 0.336 e. The number of nitrogens with two attached hydrogens (primary N) is 1. The average molecular weight is 726 g/mol. The number of carbonyl (C=O) groups is 2. The topological polar surface area (TPSA) is 112 Å². The van der Waals surface area contributed by atoms with E-state index in [1.54, 1.807) is 38.1 Å². The summed E-state index contributed by atoms with van der Waals surface area (Å²) in [4.78, 5) is 28.0. The van der Waals surface area contributed by atoms with Crippen LogP contribution in [0.25, 0.3) is 0 Å². The Labute approximate surface area is 310 Å². The third-order valence-corrected chi connectivity index (χ3v) is 9.88. The predicted molar refractivity (Wildman–Crippen MR) is 205 cm³/mol. The van der Waals surface area contributed by atoms with Crippen molar-refractivity contribution in [3.8, 4) is 0 Å². The zero-order chi connectivity index (χ0) is 37.7. The molecule has 0 spiro atoms. The van der Waals surface area contributed by atoms with Crippen LogP contribution >= 0.6 is 11.6 Å². The Hall–Kier alpha value is -3.21. The number of hydrogen-bond acceptors (Lipinski definition) is 9. The van der Waals surface area contributed by atoms with Gasteiger partial charge in [-0.3, -0.25) is 4.90 Å². The number of hydrogen-bond donors (Lipinski definition) is 2. The zero-order valence-corrected chi connectivity index (χ0v) is 32.9. The molecule has 10 heteroatoms. The van der Waals surface area contributed by atoms with E-state index in [9.17, 15) is 9.59 Å². The van der Waals surface area contributed by atoms with Gasteiger partial charge in [-0.05, 0) is 74.6 Å². The summed E-state index contributed by atoms with van der Waals surface area (Å²) in [7, 11) is 1.29. The van der Waals surface area contributed by atoms with Crippen molar-refractivity contribution >= 4 is 23.5 Å². The van der Waals surface area contributed by atoms with Gasteiger partial charge < -0.3 is 30.0 Å². The van der Waals surface area contributed by atoms with Crippen molar-refractivity contribution < 1.29 is 28.5 Å². The van der Waals surface area contributed by atoms with Gasteiger partial charge in [0.1, 0.15) is 0 Å². The fourth-order valence-corrected chi connectivity index (χ4v) is 7.00. The van der Waals surface area contributed by atoms with Gasteiger partial charge in [0.15, 0.2) is 0 Å². The number of nitrogens with one attached hydrogen (secondary N) is 1. The van der Waals surface area contributed by atoms with Gasteiger partial charge >= 0.3 is 11.9 Å². The molecule has 1 saturated heterocycles. The summed E-state index contributed by atoms with van der Waals surface area (Å²) >= 11 is 6.42. The second kappa shape index (κ2) is 20.1. The molecule has 51 heavy (non-hydrogen) atoms. The first-order valence-electron chi connectivity index (χ1n) is 18.2. The van der Waals surface area contributed by atoms with Gasteiger partial charge in [0.25, 0.3) is 0 Å². The van der Waals surface area contributed by atoms with Crippen LogP contribution in [-0.2, 0) is 40.4 Å². The Bertz CT molecular complexity index is 1490. The molecule has 0 saturated carbocycles. The molecule has 9 nitrogen and oxygen atoms in total. The molecule has 0 amide bonds. The average Bonchev–Trinajstić information content (AvgIpc) is 3.08. The third kappa shape index (κ3) is 11.9. The van der Waals surface area contributed by atoms with Gasteiger partial charge in [0, 0.05) is 36.9 Å². The van der Waals surface area contributed by atoms with E-state index >= 15 is 0 Å². The Morgan fingerprint density at radius 3 is 2.25 bits per heavy atom. The first-order chi connectivity index (χ1) is 24.3. The van der Waals surface area contributed by atoms with Gasteiger partial charge in [-0.25, -0.2) is 9.59 Å². The van der Waals surface area contributed by atoms with Crippen molar-refractivity contribution in [1.29, 1.82) is 0 Å². The number of benzene rings is 2. The molecule has 4 atom stereocenters. The molecule has 0 aromatic heterocycles. The van der Waals surface area contributed by atoms with Crippen LogP contribution in [0, 0.1) is 5.92 Å². The highest BCUT2D eigenvalue weighted by atomic mass is 35.5. The van der Waals surface area contributed by atoms with Crippen LogP contribution in [0.5, 0.6) is 0 Å². The van der Waals surface area contributed by atoms with Gasteiger partial charge in [0.05, 0.1) is 61.9 Å². The summed E-state index contributed by atoms with van der Waals surface area (Å²) in [6.45, 7) is 21.4. The largest absolute Gasteiger partial charge is 0.466 e. The van der Waals surface area contributed by atoms with E-state index in [-0.39, 0.29) is 24.2 Å². The Balaban J connectivity index is 0.000000281. The number of halogens is 1. The number of nitrogens with zero attached hydrogens (tertiary/aromatic N) is 1. The molecule has 2 aromatic carbocycles. The maximum Gasteiger partial charge on any atom is 0.336 e. The van der Waals surface area contributed by atoms with Crippen LogP contribution in [0.15, 0.2) is 71.1 Å². The summed E-state index contributed by atoms with van der Waals surface area (Å²) < 4.78 is 21.6. The molecule has 2 unspecified atom stereocenters. The molecule has 2 aliphatic rings. The second-order valence-corrected chi connectivity index (χ2v) is 14.7. The summed E-state index contributed by atoms with van der Waals surface area (Å²) in [5, 5.41) is 3.52. The van der Waals surface area contributed by atoms with Crippen LogP contribution in [0.1, 0.15) is 84.4 Å². The zero-order valence-electron chi connectivity index (χ0n) is 32.1. The van der Waals surface area contributed by atoms with E-state index in [4.69, 9.17) is 36.3 Å². The lowest BCUT2D eigenvalue weighted by atomic mass is 9.80. The van der Waals surface area contributed by atoms with Gasteiger partial charge in [-0.15, -0.1) is 0 Å². The standard InChI is InChI=1S/C21H35NO.C20H25ClN2O5/c1-7-21(5,6)20-10-8-19(9-11-20)12-16(2)13-22-14-17(3)23-18(4)15-22;1-4-28-20(25)18-15(11-27-10-9-22)23-12(2)16(19(24)26-3)17(18)13-7-5-6-8-14(13)21/h8-11,16-18H,7,12-15H2,1-6H3;5-8,17,23H,4,9-11,22H2,1-3H3/t16?,17-,18+;. The van der Waals surface area contributed by atoms with Crippen LogP contribution in [-0.4, -0.2) is 82.2 Å². The highest BCUT2D eigenvalue weighted by Crippen LogP contribution is 2.42. The lowest BCUT2D eigenvalue weighted by Gasteiger charge is -2.36. The Kier molecular flexibility index (Phi) is 16.7. The lowest BCUT2D eigenvalue weighted by Crippen LogP contribution is -2.47. The van der Waals surface area contributed by atoms with E-state index in [1.165, 1.54) is 31.2 Å². The first kappa shape index (κ1) is 42.2. The van der Waals surface area contributed by atoms with Crippen LogP contribution in [0.3, 0.4) is 0 Å². The van der Waals surface area contributed by atoms with Crippen LogP contribution in [0.4, 0.5) is 0 Å². The molecule has 0 bridgehead atoms. The molecule has 282 valence electrons. The number of allylic oxidation sites excluding steroid dienone is 1. The number of ether oxygens (including phenoxy) is 4. The quantitative estimate of drug-likeness (QED) is 0.158. The minimum atomic E-state index is -0.752. The second-order valence-electron chi connectivity index (χ2n) is 14.3. The molecular weight excluding hydrogens is 666 g/mol. The number of rotatable bonds is 14. The van der Waals surface area contributed by atoms with E-state index < -0.39 is 17.9 Å². The molecule has 3 N–H and O–H groups in total. The Morgan fingerprint density at radius 1 is 1.04 bits per heavy atom. The molecule has 2 aliphatic heterocycles. The molecular formula is C41H60ClN3O6. The number of morpholine rings is 1. The molecule has 2 heterocycles. The van der Waals surface area contributed by atoms with Crippen molar-refractivity contribution in [3.63, 3.8) is 0 Å². The normalized spacial score (nSPS) is 20.3. The monoisotopic (exact) mass is 725 g/mol. The molecule has 0 radical (unpaired) electrons. The maximum atomic E-state index is 12.9. The highest BCUT2D eigenvalue weighted by Gasteiger charge is 2.39. The SMILES string of the molecule is CCC(C)(C)c1ccc(CC(C)CN2C[C@@H](C)O[C@@H](C)C2)cc1.CCOC(=O)C1=C(COCCN)NC(C)=C(C(=O)OC)C1c1ccccc1Cl. The van der Waals surface area contributed by atoms with Crippen LogP contribution in [0.2, 0.25) is 5.02 Å². The summed E-state index contributed by atoms with van der Waals surface area (Å²) in [5.41, 5.74) is 10.9. The van der Waals surface area contributed by atoms with E-state index in [0.717, 1.165) is 19.5 Å². The molecule has 0 aliphatic carbocycles. The minimum Gasteiger partial charge on any atom is -0.466 e. The van der Waals surface area contributed by atoms with E-state index in [1.807, 2.05) is 0 Å². The number of esters is 2. The third-order valence-electron chi connectivity index (χ3n) is 9.54. The van der Waals surface area contributed by atoms with Gasteiger partial charge in [0.2, 0.25) is 0 Å². The van der Waals surface area contributed by atoms with E-state index in [0.29, 0.717) is 58.8 Å². The fourth-order valence-electron chi connectivity index (χ4n) is 6.76. The van der Waals surface area contributed by atoms with Gasteiger partial charge in [-0.1, -0.05) is 81.8 Å². The van der Waals surface area contributed by atoms with E-state index in [2.05, 4.69) is 76.0 Å². The predicted octanol–water partition coefficient (Wildman–Crippen LogP) is 6.93. The summed E-state index contributed by atoms with van der Waals surface area (Å²) in [6.07, 6.45) is 3.06. The fraction of sp³-hybridized carbons (Fsp3) is 0.561. The summed E-state index contributed by atoms with van der Waals surface area (Å²) in [5.74, 6) is -1.19. The van der Waals surface area contributed by atoms with Crippen molar-refractivity contribution in [3.05, 3.63) is 92.8 Å². The first-order valence-corrected chi connectivity index (χ1v) is 18.6. The lowest BCUT2D eigenvalue weighted by molar-refractivity contribution is -0.139. The number of carbonyl (C=O) groups excluding carboxylic acids is 2. The Morgan fingerprint density at radius 2 is 1.69 bits per heavy atom. The van der Waals surface area contributed by atoms with Crippen molar-refractivity contribution in [2.45, 2.75) is 91.8 Å². The van der Waals surface area contributed by atoms with Gasteiger partial charge in [-0.2, -0.15) is 0 Å². The molecule has 2 aromatic rings. The van der Waals surface area contributed by atoms with Crippen molar-refractivity contribution in [2.75, 3.05) is 53.1 Å². The van der Waals surface area contributed by atoms with Crippen molar-refractivity contribution in [2.24, 2.45) is 11.7 Å². The number of methoxy groups -OCH3 is 1. The maximum absolute atomic E-state index is 12.9. The van der Waals surface area contributed by atoms with Crippen LogP contribution < -0.4 is 11.1 Å².